The van der Waals surface area contributed by atoms with Gasteiger partial charge in [-0.1, -0.05) is 140 Å². The molecule has 0 atom stereocenters. The summed E-state index contributed by atoms with van der Waals surface area (Å²) >= 11 is 0. The van der Waals surface area contributed by atoms with Crippen LogP contribution in [0.1, 0.15) is 28.3 Å². The van der Waals surface area contributed by atoms with Gasteiger partial charge in [0.2, 0.25) is 0 Å². The fourth-order valence-corrected chi connectivity index (χ4v) is 7.20. The molecule has 0 radical (unpaired) electrons. The van der Waals surface area contributed by atoms with Crippen LogP contribution in [0.5, 0.6) is 0 Å². The number of rotatable bonds is 6. The van der Waals surface area contributed by atoms with E-state index in [4.69, 9.17) is 19.9 Å². The second-order valence-corrected chi connectivity index (χ2v) is 13.0. The molecule has 0 saturated carbocycles. The predicted octanol–water partition coefficient (Wildman–Crippen LogP) is 10.6. The van der Waals surface area contributed by atoms with Crippen LogP contribution in [0.3, 0.4) is 0 Å². The van der Waals surface area contributed by atoms with Crippen LogP contribution in [-0.4, -0.2) is 21.0 Å². The Morgan fingerprint density at radius 3 is 1.30 bits per heavy atom. The van der Waals surface area contributed by atoms with Crippen LogP contribution in [0.15, 0.2) is 145 Å². The van der Waals surface area contributed by atoms with Gasteiger partial charge in [-0.15, -0.1) is 22.1 Å². The van der Waals surface area contributed by atoms with Gasteiger partial charge in [-0.05, 0) is 80.5 Å². The summed E-state index contributed by atoms with van der Waals surface area (Å²) in [6, 6.07) is 47.6. The molecule has 0 saturated heterocycles. The molecule has 7 aromatic rings. The Labute approximate surface area is 335 Å². The first-order valence-electron chi connectivity index (χ1n) is 17.7. The summed E-state index contributed by atoms with van der Waals surface area (Å²) in [5, 5.41) is 19.9. The topological polar surface area (TPSA) is 115 Å². The van der Waals surface area contributed by atoms with Crippen molar-refractivity contribution < 1.29 is 29.4 Å². The normalized spacial score (nSPS) is 11.9. The van der Waals surface area contributed by atoms with Gasteiger partial charge in [0.25, 0.3) is 0 Å². The van der Waals surface area contributed by atoms with E-state index in [1.807, 2.05) is 146 Å². The van der Waals surface area contributed by atoms with E-state index in [9.17, 15) is 15.2 Å². The zero-order valence-electron chi connectivity index (χ0n) is 30.0. The van der Waals surface area contributed by atoms with Crippen LogP contribution in [0.2, 0.25) is 0 Å². The number of nitriles is 1. The summed E-state index contributed by atoms with van der Waals surface area (Å²) in [5.41, 5.74) is 12.2. The second kappa shape index (κ2) is 15.3. The summed E-state index contributed by atoms with van der Waals surface area (Å²) in [5.74, 6) is -1.33. The van der Waals surface area contributed by atoms with Crippen molar-refractivity contribution >= 4 is 58.4 Å². The number of fused-ring (bicyclic) bond motifs is 8. The number of carbonyl (C=O) groups is 1. The number of aliphatic carboxylic acids is 1. The van der Waals surface area contributed by atoms with Crippen molar-refractivity contribution in [3.63, 3.8) is 0 Å². The molecule has 3 aromatic heterocycles. The molecule has 0 fully saturated rings. The minimum Gasteiger partial charge on any atom is -0.657 e. The Bertz CT molecular complexity index is 2940. The molecule has 4 aromatic carbocycles. The van der Waals surface area contributed by atoms with Gasteiger partial charge in [0.15, 0.2) is 0 Å². The Morgan fingerprint density at radius 1 is 0.536 bits per heavy atom. The maximum absolute atomic E-state index is 12.3. The number of hydrogen-bond acceptors (Lipinski definition) is 4. The first kappa shape index (κ1) is 35.8. The van der Waals surface area contributed by atoms with Gasteiger partial charge in [0, 0.05) is 0 Å². The fraction of sp³-hybridized carbons (Fsp3) is 0. The number of carboxylic acid groups (broad SMARTS) is 1. The van der Waals surface area contributed by atoms with E-state index in [0.717, 1.165) is 55.7 Å². The van der Waals surface area contributed by atoms with Gasteiger partial charge < -0.3 is 15.1 Å². The molecule has 56 heavy (non-hydrogen) atoms. The number of carboxylic acids is 1. The molecular formula is C48H29N5O2Zn. The molecule has 9 rings (SSSR count). The third-order valence-electron chi connectivity index (χ3n) is 9.65. The molecule has 260 valence electrons. The van der Waals surface area contributed by atoms with Crippen molar-refractivity contribution in [2.45, 2.75) is 0 Å². The van der Waals surface area contributed by atoms with E-state index >= 15 is 0 Å². The molecule has 7 nitrogen and oxygen atoms in total. The molecule has 0 unspecified atom stereocenters. The van der Waals surface area contributed by atoms with Crippen molar-refractivity contribution in [1.29, 1.82) is 5.26 Å². The van der Waals surface area contributed by atoms with Crippen LogP contribution >= 0.6 is 0 Å². The van der Waals surface area contributed by atoms with E-state index in [1.54, 1.807) is 0 Å². The molecule has 0 spiro atoms. The molecule has 8 heteroatoms. The average Bonchev–Trinajstić information content (AvgIpc) is 4.06. The summed E-state index contributed by atoms with van der Waals surface area (Å²) in [4.78, 5) is 33.4. The molecule has 8 bridgehead atoms. The van der Waals surface area contributed by atoms with Gasteiger partial charge in [-0.25, -0.2) is 14.8 Å². The number of nitrogens with zero attached hydrogens (tertiary/aromatic N) is 5. The summed E-state index contributed by atoms with van der Waals surface area (Å²) in [7, 11) is 0. The molecule has 5 heterocycles. The first-order valence-corrected chi connectivity index (χ1v) is 17.7. The zero-order chi connectivity index (χ0) is 37.3. The summed E-state index contributed by atoms with van der Waals surface area (Å²) in [6.07, 6.45) is 9.32. The van der Waals surface area contributed by atoms with Crippen LogP contribution < -0.4 is 9.97 Å². The van der Waals surface area contributed by atoms with Gasteiger partial charge in [-0.3, -0.25) is 0 Å². The molecule has 2 aliphatic rings. The van der Waals surface area contributed by atoms with Gasteiger partial charge in [-0.2, -0.15) is 5.26 Å². The molecule has 0 amide bonds. The Morgan fingerprint density at radius 2 is 0.911 bits per heavy atom. The quantitative estimate of drug-likeness (QED) is 0.102. The Hall–Kier alpha value is -7.20. The maximum Gasteiger partial charge on any atom is 2.00 e. The monoisotopic (exact) mass is 771 g/mol. The van der Waals surface area contributed by atoms with E-state index in [0.29, 0.717) is 39.2 Å². The van der Waals surface area contributed by atoms with E-state index in [1.165, 1.54) is 6.08 Å². The van der Waals surface area contributed by atoms with Crippen LogP contribution in [-0.2, 0) is 24.3 Å². The Balaban J connectivity index is 0.00000441. The molecule has 2 aliphatic heterocycles. The Kier molecular flexibility index (Phi) is 9.77. The molecule has 0 aliphatic carbocycles. The van der Waals surface area contributed by atoms with Crippen molar-refractivity contribution in [2.24, 2.45) is 0 Å². The second-order valence-electron chi connectivity index (χ2n) is 13.0. The third kappa shape index (κ3) is 6.62. The predicted molar refractivity (Wildman–Crippen MR) is 220 cm³/mol. The number of aromatic nitrogens is 4. The van der Waals surface area contributed by atoms with Crippen LogP contribution in [0, 0.1) is 11.3 Å². The average molecular weight is 773 g/mol. The number of hydrogen-bond donors (Lipinski definition) is 1. The van der Waals surface area contributed by atoms with Gasteiger partial charge >= 0.3 is 25.4 Å². The van der Waals surface area contributed by atoms with Crippen LogP contribution in [0.4, 0.5) is 0 Å². The van der Waals surface area contributed by atoms with Gasteiger partial charge in [0.1, 0.15) is 11.6 Å². The fourth-order valence-electron chi connectivity index (χ4n) is 7.20. The maximum atomic E-state index is 12.3. The molecule has 1 N–H and O–H groups in total. The molecular weight excluding hydrogens is 744 g/mol. The van der Waals surface area contributed by atoms with E-state index < -0.39 is 11.5 Å². The van der Waals surface area contributed by atoms with Crippen molar-refractivity contribution in [3.05, 3.63) is 173 Å². The largest absolute Gasteiger partial charge is 2.00 e. The number of benzene rings is 4. The summed E-state index contributed by atoms with van der Waals surface area (Å²) < 4.78 is 0. The van der Waals surface area contributed by atoms with Crippen LogP contribution in [0.25, 0.3) is 97.0 Å². The first-order chi connectivity index (χ1) is 27.1. The van der Waals surface area contributed by atoms with Crippen molar-refractivity contribution in [3.8, 4) is 50.6 Å². The van der Waals surface area contributed by atoms with Crippen molar-refractivity contribution in [1.82, 2.24) is 19.9 Å². The zero-order valence-corrected chi connectivity index (χ0v) is 32.9. The minimum absolute atomic E-state index is 0. The third-order valence-corrected chi connectivity index (χ3v) is 9.65. The van der Waals surface area contributed by atoms with Gasteiger partial charge in [0.05, 0.1) is 22.8 Å². The van der Waals surface area contributed by atoms with E-state index in [-0.39, 0.29) is 19.5 Å². The SMILES string of the molecule is N#C/C(=C\c1cc2[n-]c1c(-c1ccccc1)c1nc(c(-c3ccccc3)c3ccc([n-]3)c(-c3ccccc3)c3nc(c2-c2ccccc2)C=C3)C=C1)C(=O)O.[Zn+2]. The van der Waals surface area contributed by atoms with Crippen molar-refractivity contribution in [2.75, 3.05) is 0 Å². The summed E-state index contributed by atoms with van der Waals surface area (Å²) in [6.45, 7) is 0. The smallest absolute Gasteiger partial charge is 0.657 e. The minimum atomic E-state index is -1.33. The van der Waals surface area contributed by atoms with E-state index in [2.05, 4.69) is 24.3 Å². The standard InChI is InChI=1S/C48H30N5O2.Zn/c49-29-35(48(54)55)27-34-28-42-45(32-17-9-3-10-18-32)40-24-23-38(51-40)43(30-13-5-1-6-14-30)36-21-22-37(50-36)44(31-15-7-2-8-16-31)39-25-26-41(52-39)46(47(34)53-42)33-19-11-4-12-20-33;/h1-28H,(H2-,50,51,52,53,54,55);/q-1;+2/p-1/b35-27+,43-36?,43-38?,44-37?,44-39?,45-40?,45-42?,46-41?,47-46?;.